The first kappa shape index (κ1) is 18.5. The van der Waals surface area contributed by atoms with Crippen molar-refractivity contribution >= 4 is 44.0 Å². The average Bonchev–Trinajstić information content (AvgIpc) is 2.54. The molecule has 0 aliphatic carbocycles. The van der Waals surface area contributed by atoms with Gasteiger partial charge in [0.25, 0.3) is 5.91 Å². The molecule has 2 aromatic rings. The number of hydrazone groups is 1. The second-order valence-electron chi connectivity index (χ2n) is 5.11. The van der Waals surface area contributed by atoms with E-state index in [9.17, 15) is 9.90 Å². The van der Waals surface area contributed by atoms with Crippen LogP contribution < -0.4 is 10.2 Å². The summed E-state index contributed by atoms with van der Waals surface area (Å²) in [7, 11) is 0. The zero-order valence-corrected chi connectivity index (χ0v) is 16.3. The molecule has 0 aliphatic heterocycles. The molecule has 0 heterocycles. The number of hydrogen-bond acceptors (Lipinski definition) is 4. The number of phenolic OH excluding ortho intramolecular Hbond substituents is 1. The third-order valence-electron chi connectivity index (χ3n) is 3.36. The number of phenols is 1. The minimum Gasteiger partial charge on any atom is -0.506 e. The van der Waals surface area contributed by atoms with Gasteiger partial charge in [-0.3, -0.25) is 4.79 Å². The number of aromatic hydroxyl groups is 1. The Bertz CT molecular complexity index is 768. The van der Waals surface area contributed by atoms with E-state index in [2.05, 4.69) is 42.4 Å². The Balaban J connectivity index is 1.90. The molecule has 2 aromatic carbocycles. The molecule has 0 fully saturated rings. The SMILES string of the molecule is Cc1cccc(OCC(=O)N/N=C/c2cc(Br)c(O)c(Br)c2)c1C. The Labute approximate surface area is 157 Å². The van der Waals surface area contributed by atoms with Crippen LogP contribution in [0, 0.1) is 13.8 Å². The van der Waals surface area contributed by atoms with Gasteiger partial charge in [0.2, 0.25) is 0 Å². The maximum absolute atomic E-state index is 11.8. The Morgan fingerprint density at radius 1 is 1.29 bits per heavy atom. The highest BCUT2D eigenvalue weighted by Gasteiger charge is 2.06. The number of amides is 1. The summed E-state index contributed by atoms with van der Waals surface area (Å²) in [5.41, 5.74) is 5.22. The van der Waals surface area contributed by atoms with Crippen LogP contribution in [-0.2, 0) is 4.79 Å². The monoisotopic (exact) mass is 454 g/mol. The molecule has 2 N–H and O–H groups in total. The lowest BCUT2D eigenvalue weighted by atomic mass is 10.1. The van der Waals surface area contributed by atoms with Gasteiger partial charge in [0.15, 0.2) is 6.61 Å². The number of halogens is 2. The van der Waals surface area contributed by atoms with Crippen LogP contribution >= 0.6 is 31.9 Å². The van der Waals surface area contributed by atoms with E-state index in [4.69, 9.17) is 4.74 Å². The molecule has 0 aromatic heterocycles. The van der Waals surface area contributed by atoms with Gasteiger partial charge in [0, 0.05) is 0 Å². The molecule has 0 aliphatic rings. The number of hydrogen-bond donors (Lipinski definition) is 2. The van der Waals surface area contributed by atoms with Crippen molar-refractivity contribution in [1.29, 1.82) is 0 Å². The molecule has 0 atom stereocenters. The van der Waals surface area contributed by atoms with Gasteiger partial charge in [-0.1, -0.05) is 12.1 Å². The van der Waals surface area contributed by atoms with Crippen molar-refractivity contribution in [2.45, 2.75) is 13.8 Å². The summed E-state index contributed by atoms with van der Waals surface area (Å²) in [5.74, 6) is 0.433. The molecule has 1 amide bonds. The van der Waals surface area contributed by atoms with Gasteiger partial charge in [0.05, 0.1) is 15.2 Å². The first-order valence-corrected chi connectivity index (χ1v) is 8.66. The maximum atomic E-state index is 11.8. The summed E-state index contributed by atoms with van der Waals surface area (Å²) in [5, 5.41) is 13.5. The van der Waals surface area contributed by atoms with E-state index in [1.54, 1.807) is 12.1 Å². The number of nitrogens with one attached hydrogen (secondary N) is 1. The Hall–Kier alpha value is -1.86. The van der Waals surface area contributed by atoms with Gasteiger partial charge in [-0.05, 0) is 80.6 Å². The summed E-state index contributed by atoms with van der Waals surface area (Å²) >= 11 is 6.46. The number of benzene rings is 2. The van der Waals surface area contributed by atoms with Gasteiger partial charge in [0.1, 0.15) is 11.5 Å². The van der Waals surface area contributed by atoms with E-state index in [-0.39, 0.29) is 18.3 Å². The van der Waals surface area contributed by atoms with Crippen LogP contribution in [0.4, 0.5) is 0 Å². The van der Waals surface area contributed by atoms with Gasteiger partial charge in [-0.15, -0.1) is 0 Å². The average molecular weight is 456 g/mol. The summed E-state index contributed by atoms with van der Waals surface area (Å²) in [4.78, 5) is 11.8. The van der Waals surface area contributed by atoms with Crippen molar-refractivity contribution in [3.05, 3.63) is 56.0 Å². The van der Waals surface area contributed by atoms with E-state index in [0.29, 0.717) is 20.3 Å². The van der Waals surface area contributed by atoms with Crippen LogP contribution in [-0.4, -0.2) is 23.8 Å². The molecule has 0 bridgehead atoms. The van der Waals surface area contributed by atoms with Gasteiger partial charge >= 0.3 is 0 Å². The Kier molecular flexibility index (Phi) is 6.39. The van der Waals surface area contributed by atoms with E-state index < -0.39 is 0 Å². The number of rotatable bonds is 5. The minimum atomic E-state index is -0.357. The molecule has 5 nitrogen and oxygen atoms in total. The molecule has 0 saturated carbocycles. The predicted octanol–water partition coefficient (Wildman–Crippen LogP) is 4.06. The Morgan fingerprint density at radius 3 is 2.62 bits per heavy atom. The summed E-state index contributed by atoms with van der Waals surface area (Å²) < 4.78 is 6.56. The Morgan fingerprint density at radius 2 is 1.96 bits per heavy atom. The van der Waals surface area contributed by atoms with Crippen molar-refractivity contribution in [2.75, 3.05) is 6.61 Å². The largest absolute Gasteiger partial charge is 0.506 e. The van der Waals surface area contributed by atoms with Gasteiger partial charge < -0.3 is 9.84 Å². The maximum Gasteiger partial charge on any atom is 0.277 e. The third kappa shape index (κ3) is 4.82. The number of carbonyl (C=O) groups excluding carboxylic acids is 1. The van der Waals surface area contributed by atoms with Gasteiger partial charge in [-0.2, -0.15) is 5.10 Å². The smallest absolute Gasteiger partial charge is 0.277 e. The van der Waals surface area contributed by atoms with E-state index in [1.807, 2.05) is 32.0 Å². The summed E-state index contributed by atoms with van der Waals surface area (Å²) in [6.07, 6.45) is 1.48. The third-order valence-corrected chi connectivity index (χ3v) is 4.56. The first-order chi connectivity index (χ1) is 11.4. The van der Waals surface area contributed by atoms with Crippen LogP contribution in [0.1, 0.15) is 16.7 Å². The van der Waals surface area contributed by atoms with Crippen molar-refractivity contribution < 1.29 is 14.6 Å². The number of nitrogens with zero attached hydrogens (tertiary/aromatic N) is 1. The van der Waals surface area contributed by atoms with Crippen molar-refractivity contribution in [3.8, 4) is 11.5 Å². The lowest BCUT2D eigenvalue weighted by Gasteiger charge is -2.09. The van der Waals surface area contributed by atoms with Crippen LogP contribution in [0.25, 0.3) is 0 Å². The lowest BCUT2D eigenvalue weighted by Crippen LogP contribution is -2.24. The highest BCUT2D eigenvalue weighted by molar-refractivity contribution is 9.11. The molecular weight excluding hydrogens is 440 g/mol. The van der Waals surface area contributed by atoms with Crippen molar-refractivity contribution in [3.63, 3.8) is 0 Å². The lowest BCUT2D eigenvalue weighted by molar-refractivity contribution is -0.123. The fourth-order valence-electron chi connectivity index (χ4n) is 1.89. The van der Waals surface area contributed by atoms with Crippen molar-refractivity contribution in [1.82, 2.24) is 5.43 Å². The van der Waals surface area contributed by atoms with Crippen LogP contribution in [0.5, 0.6) is 11.5 Å². The highest BCUT2D eigenvalue weighted by atomic mass is 79.9. The topological polar surface area (TPSA) is 70.9 Å². The number of ether oxygens (including phenoxy) is 1. The molecule has 0 unspecified atom stereocenters. The molecule has 2 rings (SSSR count). The molecular formula is C17H16Br2N2O3. The normalized spacial score (nSPS) is 10.8. The molecule has 0 spiro atoms. The first-order valence-electron chi connectivity index (χ1n) is 7.07. The zero-order chi connectivity index (χ0) is 17.7. The molecule has 0 radical (unpaired) electrons. The fourth-order valence-corrected chi connectivity index (χ4v) is 3.12. The zero-order valence-electron chi connectivity index (χ0n) is 13.1. The van der Waals surface area contributed by atoms with E-state index in [0.717, 1.165) is 11.1 Å². The minimum absolute atomic E-state index is 0.109. The molecule has 126 valence electrons. The van der Waals surface area contributed by atoms with Crippen LogP contribution in [0.15, 0.2) is 44.4 Å². The van der Waals surface area contributed by atoms with Crippen LogP contribution in [0.3, 0.4) is 0 Å². The quantitative estimate of drug-likeness (QED) is 0.527. The number of aryl methyl sites for hydroxylation is 1. The van der Waals surface area contributed by atoms with Gasteiger partial charge in [-0.25, -0.2) is 5.43 Å². The van der Waals surface area contributed by atoms with E-state index in [1.165, 1.54) is 6.21 Å². The molecule has 24 heavy (non-hydrogen) atoms. The predicted molar refractivity (Wildman–Crippen MR) is 101 cm³/mol. The highest BCUT2D eigenvalue weighted by Crippen LogP contribution is 2.32. The fraction of sp³-hybridized carbons (Fsp3) is 0.176. The second-order valence-corrected chi connectivity index (χ2v) is 6.82. The summed E-state index contributed by atoms with van der Waals surface area (Å²) in [6, 6.07) is 9.06. The van der Waals surface area contributed by atoms with E-state index >= 15 is 0 Å². The molecule has 7 heteroatoms. The van der Waals surface area contributed by atoms with Crippen LogP contribution in [0.2, 0.25) is 0 Å². The second kappa shape index (κ2) is 8.30. The summed E-state index contributed by atoms with van der Waals surface area (Å²) in [6.45, 7) is 3.81. The molecule has 0 saturated heterocycles. The van der Waals surface area contributed by atoms with Crippen molar-refractivity contribution in [2.24, 2.45) is 5.10 Å². The standard InChI is InChI=1S/C17H16Br2N2O3/c1-10-4-3-5-15(11(10)2)24-9-16(22)21-20-8-12-6-13(18)17(23)14(19)7-12/h3-8,23H,9H2,1-2H3,(H,21,22)/b20-8+. The number of carbonyl (C=O) groups is 1.